The fourth-order valence-electron chi connectivity index (χ4n) is 2.52. The number of halogens is 1. The summed E-state index contributed by atoms with van der Waals surface area (Å²) >= 11 is 1.37. The van der Waals surface area contributed by atoms with Gasteiger partial charge in [-0.1, -0.05) is 0 Å². The topological polar surface area (TPSA) is 86.5 Å². The lowest BCUT2D eigenvalue weighted by atomic mass is 10.2. The van der Waals surface area contributed by atoms with Crippen molar-refractivity contribution in [1.29, 1.82) is 0 Å². The summed E-state index contributed by atoms with van der Waals surface area (Å²) in [5.74, 6) is -0.461. The number of carbonyl (C=O) groups excluding carboxylic acids is 1. The molecule has 134 valence electrons. The quantitative estimate of drug-likeness (QED) is 0.788. The number of hydrogen-bond donors (Lipinski definition) is 2. The van der Waals surface area contributed by atoms with Gasteiger partial charge in [0.1, 0.15) is 23.9 Å². The van der Waals surface area contributed by atoms with E-state index in [2.05, 4.69) is 10.3 Å². The van der Waals surface area contributed by atoms with E-state index in [1.54, 1.807) is 5.38 Å². The number of benzene rings is 1. The first-order valence-electron chi connectivity index (χ1n) is 8.15. The highest BCUT2D eigenvalue weighted by atomic mass is 32.1. The molecule has 3 rings (SSSR count). The van der Waals surface area contributed by atoms with E-state index in [4.69, 9.17) is 15.2 Å². The van der Waals surface area contributed by atoms with Crippen LogP contribution < -0.4 is 15.8 Å². The Morgan fingerprint density at radius 1 is 1.52 bits per heavy atom. The summed E-state index contributed by atoms with van der Waals surface area (Å²) in [7, 11) is 0. The molecule has 8 heteroatoms. The first-order valence-corrected chi connectivity index (χ1v) is 9.03. The molecule has 2 aromatic rings. The van der Waals surface area contributed by atoms with Crippen molar-refractivity contribution >= 4 is 22.9 Å². The molecular formula is C17H20FN3O3S. The van der Waals surface area contributed by atoms with Crippen LogP contribution in [-0.2, 0) is 11.2 Å². The van der Waals surface area contributed by atoms with Gasteiger partial charge in [-0.25, -0.2) is 9.37 Å². The third-order valence-electron chi connectivity index (χ3n) is 3.78. The maximum atomic E-state index is 13.6. The molecule has 6 nitrogen and oxygen atoms in total. The number of nitrogens with zero attached hydrogens (tertiary/aromatic N) is 1. The molecular weight excluding hydrogens is 345 g/mol. The summed E-state index contributed by atoms with van der Waals surface area (Å²) < 4.78 is 24.8. The molecule has 1 atom stereocenters. The van der Waals surface area contributed by atoms with Crippen LogP contribution >= 0.6 is 11.3 Å². The van der Waals surface area contributed by atoms with Crippen LogP contribution in [0.5, 0.6) is 5.75 Å². The van der Waals surface area contributed by atoms with Gasteiger partial charge in [0.15, 0.2) is 0 Å². The van der Waals surface area contributed by atoms with Crippen LogP contribution in [0, 0.1) is 5.82 Å². The fourth-order valence-corrected chi connectivity index (χ4v) is 3.32. The monoisotopic (exact) mass is 365 g/mol. The number of hydrogen-bond acceptors (Lipinski definition) is 6. The molecule has 1 aromatic heterocycles. The molecule has 1 aliphatic heterocycles. The molecule has 1 unspecified atom stereocenters. The summed E-state index contributed by atoms with van der Waals surface area (Å²) in [5, 5.41) is 5.12. The Bertz CT molecular complexity index is 732. The molecule has 1 amide bonds. The number of aromatic nitrogens is 1. The molecule has 1 saturated heterocycles. The lowest BCUT2D eigenvalue weighted by Gasteiger charge is -2.15. The van der Waals surface area contributed by atoms with Crippen molar-refractivity contribution in [2.45, 2.75) is 25.4 Å². The zero-order chi connectivity index (χ0) is 17.6. The van der Waals surface area contributed by atoms with Crippen LogP contribution in [0.15, 0.2) is 23.6 Å². The number of ether oxygens (including phenoxy) is 2. The van der Waals surface area contributed by atoms with Gasteiger partial charge in [-0.3, -0.25) is 4.79 Å². The predicted octanol–water partition coefficient (Wildman–Crippen LogP) is 2.59. The van der Waals surface area contributed by atoms with Gasteiger partial charge in [-0.05, 0) is 31.5 Å². The van der Waals surface area contributed by atoms with Crippen molar-refractivity contribution in [2.75, 3.05) is 25.1 Å². The molecule has 1 fully saturated rings. The van der Waals surface area contributed by atoms with E-state index >= 15 is 0 Å². The van der Waals surface area contributed by atoms with Crippen molar-refractivity contribution in [3.63, 3.8) is 0 Å². The van der Waals surface area contributed by atoms with Gasteiger partial charge < -0.3 is 20.5 Å². The largest absolute Gasteiger partial charge is 0.489 e. The molecule has 0 spiro atoms. The Morgan fingerprint density at radius 3 is 3.16 bits per heavy atom. The van der Waals surface area contributed by atoms with Gasteiger partial charge in [-0.2, -0.15) is 0 Å². The van der Waals surface area contributed by atoms with Gasteiger partial charge >= 0.3 is 0 Å². The smallest absolute Gasteiger partial charge is 0.275 e. The average Bonchev–Trinajstić information content (AvgIpc) is 3.26. The van der Waals surface area contributed by atoms with Crippen molar-refractivity contribution in [3.05, 3.63) is 40.1 Å². The fraction of sp³-hybridized carbons (Fsp3) is 0.412. The number of anilines is 1. The number of carbonyl (C=O) groups is 1. The zero-order valence-electron chi connectivity index (χ0n) is 13.7. The summed E-state index contributed by atoms with van der Waals surface area (Å²) in [6.45, 7) is 1.57. The highest BCUT2D eigenvalue weighted by molar-refractivity contribution is 7.09. The third-order valence-corrected chi connectivity index (χ3v) is 4.69. The zero-order valence-corrected chi connectivity index (χ0v) is 14.5. The average molecular weight is 365 g/mol. The van der Waals surface area contributed by atoms with E-state index in [0.717, 1.165) is 24.5 Å². The summed E-state index contributed by atoms with van der Waals surface area (Å²) in [6.07, 6.45) is 2.60. The number of nitrogens with two attached hydrogens (primary N) is 1. The van der Waals surface area contributed by atoms with E-state index in [1.165, 1.54) is 29.5 Å². The van der Waals surface area contributed by atoms with E-state index in [9.17, 15) is 9.18 Å². The van der Waals surface area contributed by atoms with Crippen molar-refractivity contribution in [3.8, 4) is 5.75 Å². The lowest BCUT2D eigenvalue weighted by molar-refractivity contribution is 0.0681. The van der Waals surface area contributed by atoms with Gasteiger partial charge in [0, 0.05) is 24.5 Å². The second-order valence-electron chi connectivity index (χ2n) is 5.71. The first-order chi connectivity index (χ1) is 12.2. The number of nitrogens with one attached hydrogen (secondary N) is 1. The molecule has 0 aliphatic carbocycles. The molecule has 0 saturated carbocycles. The van der Waals surface area contributed by atoms with Crippen molar-refractivity contribution in [1.82, 2.24) is 4.98 Å². The maximum Gasteiger partial charge on any atom is 0.275 e. The molecule has 1 aliphatic rings. The van der Waals surface area contributed by atoms with Gasteiger partial charge in [0.05, 0.1) is 16.8 Å². The molecule has 0 radical (unpaired) electrons. The van der Waals surface area contributed by atoms with Crippen molar-refractivity contribution in [2.24, 2.45) is 5.73 Å². The van der Waals surface area contributed by atoms with Crippen LogP contribution in [0.4, 0.5) is 10.1 Å². The number of thiazole rings is 1. The normalized spacial score (nSPS) is 16.8. The van der Waals surface area contributed by atoms with E-state index in [0.29, 0.717) is 25.3 Å². The SMILES string of the molecule is NCCc1nc(C(=O)Nc2cc(F)ccc2OCC2CCCO2)cs1. The molecule has 3 N–H and O–H groups in total. The van der Waals surface area contributed by atoms with E-state index in [1.807, 2.05) is 0 Å². The van der Waals surface area contributed by atoms with E-state index < -0.39 is 11.7 Å². The summed E-state index contributed by atoms with van der Waals surface area (Å²) in [4.78, 5) is 16.6. The van der Waals surface area contributed by atoms with Crippen LogP contribution in [0.1, 0.15) is 28.3 Å². The maximum absolute atomic E-state index is 13.6. The molecule has 1 aromatic carbocycles. The lowest BCUT2D eigenvalue weighted by Crippen LogP contribution is -2.18. The van der Waals surface area contributed by atoms with Crippen LogP contribution in [0.3, 0.4) is 0 Å². The van der Waals surface area contributed by atoms with Gasteiger partial charge in [-0.15, -0.1) is 11.3 Å². The Labute approximate surface area is 149 Å². The van der Waals surface area contributed by atoms with Crippen LogP contribution in [-0.4, -0.2) is 36.8 Å². The van der Waals surface area contributed by atoms with Gasteiger partial charge in [0.2, 0.25) is 0 Å². The van der Waals surface area contributed by atoms with E-state index in [-0.39, 0.29) is 17.5 Å². The Morgan fingerprint density at radius 2 is 2.40 bits per heavy atom. The highest BCUT2D eigenvalue weighted by Crippen LogP contribution is 2.27. The van der Waals surface area contributed by atoms with Gasteiger partial charge in [0.25, 0.3) is 5.91 Å². The first kappa shape index (κ1) is 17.8. The second kappa shape index (κ2) is 8.37. The predicted molar refractivity (Wildman–Crippen MR) is 93.7 cm³/mol. The Kier molecular flexibility index (Phi) is 5.95. The minimum atomic E-state index is -0.457. The van der Waals surface area contributed by atoms with Crippen LogP contribution in [0.2, 0.25) is 0 Å². The standard InChI is InChI=1S/C17H20FN3O3S/c18-11-3-4-15(24-9-12-2-1-7-23-12)13(8-11)21-17(22)14-10-25-16(20-14)5-6-19/h3-4,8,10,12H,1-2,5-7,9,19H2,(H,21,22). The molecule has 0 bridgehead atoms. The second-order valence-corrected chi connectivity index (χ2v) is 6.65. The number of amides is 1. The number of rotatable bonds is 7. The highest BCUT2D eigenvalue weighted by Gasteiger charge is 2.18. The summed E-state index contributed by atoms with van der Waals surface area (Å²) in [5.41, 5.74) is 6.04. The van der Waals surface area contributed by atoms with Crippen molar-refractivity contribution < 1.29 is 18.7 Å². The third kappa shape index (κ3) is 4.75. The molecule has 25 heavy (non-hydrogen) atoms. The minimum Gasteiger partial charge on any atom is -0.489 e. The van der Waals surface area contributed by atoms with Crippen LogP contribution in [0.25, 0.3) is 0 Å². The minimum absolute atomic E-state index is 0.0333. The molecule has 2 heterocycles. The Hall–Kier alpha value is -2.03. The Balaban J connectivity index is 1.68. The summed E-state index contributed by atoms with van der Waals surface area (Å²) in [6, 6.07) is 4.03.